The maximum atomic E-state index is 12.9. The molecule has 35 heavy (non-hydrogen) atoms. The summed E-state index contributed by atoms with van der Waals surface area (Å²) in [6.45, 7) is 3.84. The summed E-state index contributed by atoms with van der Waals surface area (Å²) in [5, 5.41) is 14.3. The standard InChI is InChI=1S/C25H25N5O3S2/c1-5-20(23(31)28-24-26-15(2)14-34-24)35-25-27-21(16-6-10-18(32-3)11-7-16)22(29-30-25)17-8-12-19(33-4)13-9-17/h6-14,20H,5H2,1-4H3,(H,26,28,31). The van der Waals surface area contributed by atoms with E-state index in [-0.39, 0.29) is 5.91 Å². The van der Waals surface area contributed by atoms with Gasteiger partial charge in [-0.25, -0.2) is 9.97 Å². The number of thiazole rings is 1. The van der Waals surface area contributed by atoms with Crippen molar-refractivity contribution in [1.29, 1.82) is 0 Å². The molecule has 0 bridgehead atoms. The van der Waals surface area contributed by atoms with Crippen molar-refractivity contribution in [3.63, 3.8) is 0 Å². The van der Waals surface area contributed by atoms with Crippen LogP contribution in [-0.4, -0.2) is 45.5 Å². The molecule has 1 unspecified atom stereocenters. The first-order valence-electron chi connectivity index (χ1n) is 10.9. The number of thioether (sulfide) groups is 1. The van der Waals surface area contributed by atoms with Crippen LogP contribution >= 0.6 is 23.1 Å². The molecule has 0 fully saturated rings. The maximum absolute atomic E-state index is 12.9. The first-order valence-corrected chi connectivity index (χ1v) is 12.7. The predicted molar refractivity (Wildman–Crippen MR) is 139 cm³/mol. The molecule has 8 nitrogen and oxygen atoms in total. The fourth-order valence-corrected chi connectivity index (χ4v) is 4.81. The number of amides is 1. The van der Waals surface area contributed by atoms with E-state index in [9.17, 15) is 4.79 Å². The van der Waals surface area contributed by atoms with Crippen LogP contribution in [0.4, 0.5) is 5.13 Å². The van der Waals surface area contributed by atoms with E-state index in [1.165, 1.54) is 23.1 Å². The first-order chi connectivity index (χ1) is 17.0. The van der Waals surface area contributed by atoms with Gasteiger partial charge in [0.25, 0.3) is 0 Å². The number of ether oxygens (including phenoxy) is 2. The lowest BCUT2D eigenvalue weighted by Crippen LogP contribution is -2.25. The second kappa shape index (κ2) is 11.3. The fraction of sp³-hybridized carbons (Fsp3) is 0.240. The number of hydrogen-bond donors (Lipinski definition) is 1. The molecule has 180 valence electrons. The molecule has 10 heteroatoms. The smallest absolute Gasteiger partial charge is 0.239 e. The zero-order valence-corrected chi connectivity index (χ0v) is 21.4. The van der Waals surface area contributed by atoms with E-state index in [4.69, 9.17) is 14.5 Å². The van der Waals surface area contributed by atoms with Crippen molar-refractivity contribution in [1.82, 2.24) is 20.2 Å². The Balaban J connectivity index is 1.66. The van der Waals surface area contributed by atoms with Crippen molar-refractivity contribution in [2.45, 2.75) is 30.7 Å². The van der Waals surface area contributed by atoms with E-state index < -0.39 is 5.25 Å². The van der Waals surface area contributed by atoms with Crippen LogP contribution in [-0.2, 0) is 4.79 Å². The minimum absolute atomic E-state index is 0.138. The van der Waals surface area contributed by atoms with Crippen LogP contribution in [0.25, 0.3) is 22.5 Å². The quantitative estimate of drug-likeness (QED) is 0.297. The summed E-state index contributed by atoms with van der Waals surface area (Å²) in [4.78, 5) is 22.0. The van der Waals surface area contributed by atoms with E-state index in [1.807, 2.05) is 67.8 Å². The minimum atomic E-state index is -0.392. The number of nitrogens with zero attached hydrogens (tertiary/aromatic N) is 4. The van der Waals surface area contributed by atoms with E-state index in [1.54, 1.807) is 14.2 Å². The summed E-state index contributed by atoms with van der Waals surface area (Å²) < 4.78 is 10.6. The van der Waals surface area contributed by atoms with Gasteiger partial charge in [-0.05, 0) is 61.9 Å². The average Bonchev–Trinajstić information content (AvgIpc) is 3.31. The van der Waals surface area contributed by atoms with Crippen LogP contribution in [0, 0.1) is 6.92 Å². The Morgan fingerprint density at radius 3 is 2.06 bits per heavy atom. The molecule has 0 radical (unpaired) electrons. The molecule has 0 aliphatic rings. The fourth-order valence-electron chi connectivity index (χ4n) is 3.30. The van der Waals surface area contributed by atoms with Crippen molar-refractivity contribution in [2.24, 2.45) is 0 Å². The second-order valence-electron chi connectivity index (χ2n) is 7.55. The molecule has 1 amide bonds. The van der Waals surface area contributed by atoms with Gasteiger partial charge >= 0.3 is 0 Å². The molecule has 0 spiro atoms. The Morgan fingerprint density at radius 1 is 0.943 bits per heavy atom. The van der Waals surface area contributed by atoms with Crippen molar-refractivity contribution in [3.05, 3.63) is 59.6 Å². The normalized spacial score (nSPS) is 11.7. The number of rotatable bonds is 9. The van der Waals surface area contributed by atoms with Crippen LogP contribution in [0.5, 0.6) is 11.5 Å². The van der Waals surface area contributed by atoms with Crippen LogP contribution < -0.4 is 14.8 Å². The Morgan fingerprint density at radius 2 is 1.54 bits per heavy atom. The molecule has 4 rings (SSSR count). The first kappa shape index (κ1) is 24.6. The highest BCUT2D eigenvalue weighted by atomic mass is 32.2. The molecule has 2 aromatic carbocycles. The zero-order valence-electron chi connectivity index (χ0n) is 19.8. The summed E-state index contributed by atoms with van der Waals surface area (Å²) >= 11 is 2.69. The SMILES string of the molecule is CCC(Sc1nnc(-c2ccc(OC)cc2)c(-c2ccc(OC)cc2)n1)C(=O)Nc1nc(C)cs1. The Bertz CT molecular complexity index is 1290. The van der Waals surface area contributed by atoms with Gasteiger partial charge in [-0.15, -0.1) is 21.5 Å². The summed E-state index contributed by atoms with van der Waals surface area (Å²) in [6, 6.07) is 15.2. The van der Waals surface area contributed by atoms with Gasteiger partial charge in [-0.1, -0.05) is 18.7 Å². The number of nitrogens with one attached hydrogen (secondary N) is 1. The van der Waals surface area contributed by atoms with Crippen molar-refractivity contribution < 1.29 is 14.3 Å². The molecule has 1 N–H and O–H groups in total. The number of carbonyl (C=O) groups excluding carboxylic acids is 1. The number of benzene rings is 2. The second-order valence-corrected chi connectivity index (χ2v) is 9.57. The third kappa shape index (κ3) is 5.95. The van der Waals surface area contributed by atoms with Crippen LogP contribution in [0.2, 0.25) is 0 Å². The lowest BCUT2D eigenvalue weighted by atomic mass is 10.0. The minimum Gasteiger partial charge on any atom is -0.497 e. The molecule has 0 saturated carbocycles. The monoisotopic (exact) mass is 507 g/mol. The summed E-state index contributed by atoms with van der Waals surface area (Å²) in [5.74, 6) is 1.36. The molecule has 2 aromatic heterocycles. The lowest BCUT2D eigenvalue weighted by molar-refractivity contribution is -0.115. The van der Waals surface area contributed by atoms with Crippen LogP contribution in [0.15, 0.2) is 59.1 Å². The highest BCUT2D eigenvalue weighted by Crippen LogP contribution is 2.33. The Kier molecular flexibility index (Phi) is 7.94. The number of aromatic nitrogens is 4. The molecule has 4 aromatic rings. The van der Waals surface area contributed by atoms with Gasteiger partial charge in [0.1, 0.15) is 22.9 Å². The zero-order chi connectivity index (χ0) is 24.8. The molecular formula is C25H25N5O3S2. The highest BCUT2D eigenvalue weighted by Gasteiger charge is 2.22. The van der Waals surface area contributed by atoms with E-state index in [2.05, 4.69) is 20.5 Å². The lowest BCUT2D eigenvalue weighted by Gasteiger charge is -2.14. The number of anilines is 1. The van der Waals surface area contributed by atoms with Crippen LogP contribution in [0.3, 0.4) is 0 Å². The number of aryl methyl sites for hydroxylation is 1. The summed E-state index contributed by atoms with van der Waals surface area (Å²) in [7, 11) is 3.25. The van der Waals surface area contributed by atoms with Crippen molar-refractivity contribution in [2.75, 3.05) is 19.5 Å². The van der Waals surface area contributed by atoms with E-state index in [0.717, 1.165) is 28.3 Å². The molecule has 0 saturated heterocycles. The molecule has 2 heterocycles. The third-order valence-electron chi connectivity index (χ3n) is 5.15. The topological polar surface area (TPSA) is 99.1 Å². The Hall–Kier alpha value is -3.50. The van der Waals surface area contributed by atoms with E-state index in [0.29, 0.717) is 28.1 Å². The molecular weight excluding hydrogens is 482 g/mol. The van der Waals surface area contributed by atoms with Gasteiger partial charge in [0.05, 0.1) is 25.2 Å². The summed E-state index contributed by atoms with van der Waals surface area (Å²) in [5.41, 5.74) is 3.90. The van der Waals surface area contributed by atoms with Gasteiger partial charge in [0.15, 0.2) is 5.13 Å². The predicted octanol–water partition coefficient (Wildman–Crippen LogP) is 5.50. The molecule has 1 atom stereocenters. The Labute approximate surface area is 212 Å². The number of hydrogen-bond acceptors (Lipinski definition) is 9. The number of carbonyl (C=O) groups is 1. The van der Waals surface area contributed by atoms with Gasteiger partial charge in [0, 0.05) is 16.5 Å². The molecule has 0 aliphatic heterocycles. The van der Waals surface area contributed by atoms with Gasteiger partial charge in [0.2, 0.25) is 11.1 Å². The largest absolute Gasteiger partial charge is 0.497 e. The summed E-state index contributed by atoms with van der Waals surface area (Å²) in [6.07, 6.45) is 0.600. The van der Waals surface area contributed by atoms with E-state index >= 15 is 0 Å². The molecule has 0 aliphatic carbocycles. The maximum Gasteiger partial charge on any atom is 0.239 e. The third-order valence-corrected chi connectivity index (χ3v) is 7.25. The highest BCUT2D eigenvalue weighted by molar-refractivity contribution is 8.00. The van der Waals surface area contributed by atoms with Gasteiger partial charge < -0.3 is 14.8 Å². The van der Waals surface area contributed by atoms with Crippen molar-refractivity contribution in [3.8, 4) is 34.0 Å². The van der Waals surface area contributed by atoms with Crippen LogP contribution in [0.1, 0.15) is 19.0 Å². The average molecular weight is 508 g/mol. The number of methoxy groups -OCH3 is 2. The van der Waals surface area contributed by atoms with Gasteiger partial charge in [-0.2, -0.15) is 0 Å². The van der Waals surface area contributed by atoms with Gasteiger partial charge in [-0.3, -0.25) is 4.79 Å². The van der Waals surface area contributed by atoms with Crippen molar-refractivity contribution >= 4 is 34.1 Å².